The zero-order valence-corrected chi connectivity index (χ0v) is 12.5. The Morgan fingerprint density at radius 3 is 2.79 bits per heavy atom. The van der Waals surface area contributed by atoms with E-state index in [-0.39, 0.29) is 0 Å². The van der Waals surface area contributed by atoms with Gasteiger partial charge in [0.15, 0.2) is 0 Å². The van der Waals surface area contributed by atoms with Crippen molar-refractivity contribution < 1.29 is 4.74 Å². The fourth-order valence-electron chi connectivity index (χ4n) is 2.82. The van der Waals surface area contributed by atoms with Crippen LogP contribution in [0.1, 0.15) is 31.2 Å². The standard InChI is InChI=1S/C15H23ClN2O/c1-10-7-14(15(19-2)8-12(10)16)18-13-6-4-3-5-11(13)9-17/h7-8,11,13,18H,3-6,9,17H2,1-2H3. The van der Waals surface area contributed by atoms with Crippen molar-refractivity contribution in [1.82, 2.24) is 0 Å². The summed E-state index contributed by atoms with van der Waals surface area (Å²) in [7, 11) is 1.67. The Bertz CT molecular complexity index is 436. The van der Waals surface area contributed by atoms with Crippen LogP contribution in [0.3, 0.4) is 0 Å². The van der Waals surface area contributed by atoms with Gasteiger partial charge in [0.05, 0.1) is 12.8 Å². The third kappa shape index (κ3) is 3.34. The van der Waals surface area contributed by atoms with Gasteiger partial charge in [-0.2, -0.15) is 0 Å². The van der Waals surface area contributed by atoms with E-state index in [1.165, 1.54) is 25.7 Å². The number of rotatable bonds is 4. The highest BCUT2D eigenvalue weighted by atomic mass is 35.5. The molecular weight excluding hydrogens is 260 g/mol. The van der Waals surface area contributed by atoms with Crippen LogP contribution in [0.25, 0.3) is 0 Å². The lowest BCUT2D eigenvalue weighted by Crippen LogP contribution is -2.36. The molecule has 0 aliphatic heterocycles. The quantitative estimate of drug-likeness (QED) is 0.887. The number of anilines is 1. The predicted molar refractivity (Wildman–Crippen MR) is 81.2 cm³/mol. The van der Waals surface area contributed by atoms with E-state index in [1.54, 1.807) is 7.11 Å². The van der Waals surface area contributed by atoms with Crippen molar-refractivity contribution in [2.24, 2.45) is 11.7 Å². The molecule has 1 saturated carbocycles. The van der Waals surface area contributed by atoms with Crippen LogP contribution in [0.2, 0.25) is 5.02 Å². The number of hydrogen-bond acceptors (Lipinski definition) is 3. The smallest absolute Gasteiger partial charge is 0.143 e. The Balaban J connectivity index is 2.19. The number of methoxy groups -OCH3 is 1. The van der Waals surface area contributed by atoms with Crippen LogP contribution < -0.4 is 15.8 Å². The summed E-state index contributed by atoms with van der Waals surface area (Å²) in [5, 5.41) is 4.34. The van der Waals surface area contributed by atoms with Gasteiger partial charge in [0, 0.05) is 17.1 Å². The highest BCUT2D eigenvalue weighted by molar-refractivity contribution is 6.31. The van der Waals surface area contributed by atoms with Crippen molar-refractivity contribution >= 4 is 17.3 Å². The highest BCUT2D eigenvalue weighted by Gasteiger charge is 2.24. The highest BCUT2D eigenvalue weighted by Crippen LogP contribution is 2.34. The van der Waals surface area contributed by atoms with Gasteiger partial charge in [-0.1, -0.05) is 24.4 Å². The Hall–Kier alpha value is -0.930. The van der Waals surface area contributed by atoms with Crippen molar-refractivity contribution in [3.05, 3.63) is 22.7 Å². The first-order valence-electron chi connectivity index (χ1n) is 6.96. The molecule has 2 atom stereocenters. The molecule has 1 aromatic rings. The molecule has 0 saturated heterocycles. The fourth-order valence-corrected chi connectivity index (χ4v) is 2.98. The summed E-state index contributed by atoms with van der Waals surface area (Å²) in [4.78, 5) is 0. The van der Waals surface area contributed by atoms with E-state index in [1.807, 2.05) is 13.0 Å². The van der Waals surface area contributed by atoms with Gasteiger partial charge in [-0.25, -0.2) is 0 Å². The number of halogens is 1. The third-order valence-corrected chi connectivity index (χ3v) is 4.44. The molecule has 1 aromatic carbocycles. The van der Waals surface area contributed by atoms with Crippen molar-refractivity contribution in [3.8, 4) is 5.75 Å². The molecule has 1 aliphatic carbocycles. The number of nitrogens with one attached hydrogen (secondary N) is 1. The lowest BCUT2D eigenvalue weighted by Gasteiger charge is -2.32. The van der Waals surface area contributed by atoms with Gasteiger partial charge in [-0.15, -0.1) is 0 Å². The maximum Gasteiger partial charge on any atom is 0.143 e. The lowest BCUT2D eigenvalue weighted by atomic mass is 9.84. The zero-order valence-electron chi connectivity index (χ0n) is 11.7. The van der Waals surface area contributed by atoms with Crippen molar-refractivity contribution in [2.75, 3.05) is 19.0 Å². The molecular formula is C15H23ClN2O. The number of ether oxygens (including phenoxy) is 1. The van der Waals surface area contributed by atoms with Crippen molar-refractivity contribution in [1.29, 1.82) is 0 Å². The second-order valence-electron chi connectivity index (χ2n) is 5.33. The Kier molecular flexibility index (Phi) is 4.94. The van der Waals surface area contributed by atoms with Crippen LogP contribution in [-0.4, -0.2) is 19.7 Å². The van der Waals surface area contributed by atoms with E-state index in [0.717, 1.165) is 28.6 Å². The largest absolute Gasteiger partial charge is 0.495 e. The average Bonchev–Trinajstić information content (AvgIpc) is 2.43. The van der Waals surface area contributed by atoms with E-state index in [2.05, 4.69) is 11.4 Å². The van der Waals surface area contributed by atoms with E-state index >= 15 is 0 Å². The molecule has 0 aromatic heterocycles. The second-order valence-corrected chi connectivity index (χ2v) is 5.74. The first-order valence-corrected chi connectivity index (χ1v) is 7.34. The second kappa shape index (κ2) is 6.49. The molecule has 0 bridgehead atoms. The van der Waals surface area contributed by atoms with E-state index < -0.39 is 0 Å². The van der Waals surface area contributed by atoms with Crippen LogP contribution in [0, 0.1) is 12.8 Å². The maximum atomic E-state index is 6.14. The number of benzene rings is 1. The summed E-state index contributed by atoms with van der Waals surface area (Å²) in [5.74, 6) is 1.35. The fraction of sp³-hybridized carbons (Fsp3) is 0.600. The SMILES string of the molecule is COc1cc(Cl)c(C)cc1NC1CCCCC1CN. The Labute approximate surface area is 120 Å². The minimum absolute atomic E-state index is 0.438. The molecule has 2 rings (SSSR count). The molecule has 0 heterocycles. The molecule has 2 unspecified atom stereocenters. The molecule has 1 fully saturated rings. The summed E-state index contributed by atoms with van der Waals surface area (Å²) >= 11 is 6.14. The number of aryl methyl sites for hydroxylation is 1. The molecule has 0 amide bonds. The van der Waals surface area contributed by atoms with Gasteiger partial charge < -0.3 is 15.8 Å². The molecule has 19 heavy (non-hydrogen) atoms. The first kappa shape index (κ1) is 14.5. The summed E-state index contributed by atoms with van der Waals surface area (Å²) in [6.07, 6.45) is 4.94. The molecule has 0 radical (unpaired) electrons. The molecule has 106 valence electrons. The predicted octanol–water partition coefficient (Wildman–Crippen LogP) is 3.59. The number of nitrogens with two attached hydrogens (primary N) is 1. The summed E-state index contributed by atoms with van der Waals surface area (Å²) in [6, 6.07) is 4.37. The summed E-state index contributed by atoms with van der Waals surface area (Å²) in [6.45, 7) is 2.75. The van der Waals surface area contributed by atoms with Gasteiger partial charge in [-0.3, -0.25) is 0 Å². The molecule has 4 heteroatoms. The summed E-state index contributed by atoms with van der Waals surface area (Å²) < 4.78 is 5.41. The van der Waals surface area contributed by atoms with Crippen LogP contribution in [0.5, 0.6) is 5.75 Å². The first-order chi connectivity index (χ1) is 9.15. The molecule has 1 aliphatic rings. The van der Waals surface area contributed by atoms with E-state index in [9.17, 15) is 0 Å². The maximum absolute atomic E-state index is 6.14. The van der Waals surface area contributed by atoms with Gasteiger partial charge >= 0.3 is 0 Å². The van der Waals surface area contributed by atoms with Crippen LogP contribution in [0.4, 0.5) is 5.69 Å². The number of hydrogen-bond donors (Lipinski definition) is 2. The average molecular weight is 283 g/mol. The van der Waals surface area contributed by atoms with Gasteiger partial charge in [0.1, 0.15) is 5.75 Å². The molecule has 3 nitrogen and oxygen atoms in total. The normalized spacial score (nSPS) is 23.2. The minimum Gasteiger partial charge on any atom is -0.495 e. The molecule has 3 N–H and O–H groups in total. The van der Waals surface area contributed by atoms with Gasteiger partial charge in [-0.05, 0) is 43.9 Å². The minimum atomic E-state index is 0.438. The topological polar surface area (TPSA) is 47.3 Å². The van der Waals surface area contributed by atoms with E-state index in [0.29, 0.717) is 12.0 Å². The van der Waals surface area contributed by atoms with Crippen molar-refractivity contribution in [2.45, 2.75) is 38.6 Å². The van der Waals surface area contributed by atoms with Gasteiger partial charge in [0.2, 0.25) is 0 Å². The summed E-state index contributed by atoms with van der Waals surface area (Å²) in [5.41, 5.74) is 7.96. The molecule has 0 spiro atoms. The third-order valence-electron chi connectivity index (χ3n) is 4.03. The monoisotopic (exact) mass is 282 g/mol. The van der Waals surface area contributed by atoms with Crippen LogP contribution in [-0.2, 0) is 0 Å². The Morgan fingerprint density at radius 1 is 1.37 bits per heavy atom. The van der Waals surface area contributed by atoms with Gasteiger partial charge in [0.25, 0.3) is 0 Å². The van der Waals surface area contributed by atoms with Crippen LogP contribution in [0.15, 0.2) is 12.1 Å². The van der Waals surface area contributed by atoms with E-state index in [4.69, 9.17) is 22.1 Å². The Morgan fingerprint density at radius 2 is 2.11 bits per heavy atom. The van der Waals surface area contributed by atoms with Crippen molar-refractivity contribution in [3.63, 3.8) is 0 Å². The van der Waals surface area contributed by atoms with Crippen LogP contribution >= 0.6 is 11.6 Å². The lowest BCUT2D eigenvalue weighted by molar-refractivity contribution is 0.331. The zero-order chi connectivity index (χ0) is 13.8.